The quantitative estimate of drug-likeness (QED) is 0.573. The molecule has 0 bridgehead atoms. The molecule has 2 aliphatic rings. The fourth-order valence-corrected chi connectivity index (χ4v) is 2.01. The van der Waals surface area contributed by atoms with Crippen molar-refractivity contribution in [2.75, 3.05) is 32.8 Å². The van der Waals surface area contributed by atoms with E-state index in [1.807, 2.05) is 4.90 Å². The number of ether oxygens (including phenoxy) is 1. The molecule has 2 rings (SSSR count). The summed E-state index contributed by atoms with van der Waals surface area (Å²) in [7, 11) is 0. The third-order valence-corrected chi connectivity index (χ3v) is 2.84. The van der Waals surface area contributed by atoms with E-state index in [4.69, 9.17) is 9.84 Å². The van der Waals surface area contributed by atoms with Crippen molar-refractivity contribution in [1.29, 1.82) is 0 Å². The molecular weight excluding hydrogens is 184 g/mol. The Morgan fingerprint density at radius 3 is 3.14 bits per heavy atom. The summed E-state index contributed by atoms with van der Waals surface area (Å²) in [5, 5.41) is 12.2. The number of nitrogens with zero attached hydrogens (tertiary/aromatic N) is 1. The average molecular weight is 200 g/mol. The highest BCUT2D eigenvalue weighted by atomic mass is 16.5. The van der Waals surface area contributed by atoms with E-state index in [2.05, 4.69) is 5.32 Å². The van der Waals surface area contributed by atoms with Gasteiger partial charge in [0, 0.05) is 19.1 Å². The molecule has 2 saturated heterocycles. The molecule has 0 radical (unpaired) electrons. The first-order valence-corrected chi connectivity index (χ1v) is 5.04. The maximum absolute atomic E-state index is 11.5. The molecule has 5 nitrogen and oxygen atoms in total. The lowest BCUT2D eigenvalue weighted by molar-refractivity contribution is -0.154. The molecule has 0 aromatic rings. The standard InChI is InChI=1S/C9H16N2O3/c12-5-8-4-11(9(13)6-14-8)7-1-2-10-3-7/h7-8,10,12H,1-6H2. The second-order valence-electron chi connectivity index (χ2n) is 3.81. The number of aliphatic hydroxyl groups is 1. The van der Waals surface area contributed by atoms with Gasteiger partial charge in [0.05, 0.1) is 12.7 Å². The third kappa shape index (κ3) is 1.89. The molecule has 2 unspecified atom stereocenters. The van der Waals surface area contributed by atoms with Gasteiger partial charge in [0.15, 0.2) is 0 Å². The molecule has 2 atom stereocenters. The molecule has 2 N–H and O–H groups in total. The zero-order valence-electron chi connectivity index (χ0n) is 8.11. The molecule has 2 aliphatic heterocycles. The van der Waals surface area contributed by atoms with E-state index in [0.717, 1.165) is 19.5 Å². The molecule has 1 amide bonds. The van der Waals surface area contributed by atoms with Crippen LogP contribution in [-0.2, 0) is 9.53 Å². The topological polar surface area (TPSA) is 61.8 Å². The first kappa shape index (κ1) is 9.89. The number of hydrogen-bond acceptors (Lipinski definition) is 4. The van der Waals surface area contributed by atoms with Gasteiger partial charge >= 0.3 is 0 Å². The van der Waals surface area contributed by atoms with Gasteiger partial charge in [-0.25, -0.2) is 0 Å². The minimum atomic E-state index is -0.201. The number of amides is 1. The Bertz CT molecular complexity index is 216. The lowest BCUT2D eigenvalue weighted by atomic mass is 10.1. The molecule has 2 fully saturated rings. The predicted molar refractivity (Wildman–Crippen MR) is 49.8 cm³/mol. The molecule has 0 spiro atoms. The Morgan fingerprint density at radius 1 is 1.64 bits per heavy atom. The van der Waals surface area contributed by atoms with Crippen LogP contribution in [0.2, 0.25) is 0 Å². The molecule has 0 aliphatic carbocycles. The van der Waals surface area contributed by atoms with Crippen LogP contribution in [0.1, 0.15) is 6.42 Å². The van der Waals surface area contributed by atoms with Gasteiger partial charge in [-0.1, -0.05) is 0 Å². The van der Waals surface area contributed by atoms with Gasteiger partial charge in [-0.15, -0.1) is 0 Å². The van der Waals surface area contributed by atoms with Crippen LogP contribution in [0.4, 0.5) is 0 Å². The monoisotopic (exact) mass is 200 g/mol. The van der Waals surface area contributed by atoms with Crippen molar-refractivity contribution in [3.8, 4) is 0 Å². The Kier molecular flexibility index (Phi) is 3.00. The number of carbonyl (C=O) groups is 1. The highest BCUT2D eigenvalue weighted by Gasteiger charge is 2.32. The zero-order valence-corrected chi connectivity index (χ0v) is 8.11. The molecule has 80 valence electrons. The summed E-state index contributed by atoms with van der Waals surface area (Å²) in [5.41, 5.74) is 0. The third-order valence-electron chi connectivity index (χ3n) is 2.84. The number of aliphatic hydroxyl groups excluding tert-OH is 1. The number of morpholine rings is 1. The summed E-state index contributed by atoms with van der Waals surface area (Å²) in [4.78, 5) is 13.4. The average Bonchev–Trinajstić information content (AvgIpc) is 2.71. The zero-order chi connectivity index (χ0) is 9.97. The molecule has 0 aromatic heterocycles. The van der Waals surface area contributed by atoms with Gasteiger partial charge in [-0.05, 0) is 13.0 Å². The van der Waals surface area contributed by atoms with Gasteiger partial charge in [-0.3, -0.25) is 4.79 Å². The fourth-order valence-electron chi connectivity index (χ4n) is 2.01. The minimum Gasteiger partial charge on any atom is -0.394 e. The summed E-state index contributed by atoms with van der Waals surface area (Å²) in [6.07, 6.45) is 0.803. The lowest BCUT2D eigenvalue weighted by Gasteiger charge is -2.35. The van der Waals surface area contributed by atoms with Gasteiger partial charge in [0.25, 0.3) is 0 Å². The van der Waals surface area contributed by atoms with Crippen molar-refractivity contribution in [3.05, 3.63) is 0 Å². The van der Waals surface area contributed by atoms with Crippen LogP contribution in [0.3, 0.4) is 0 Å². The highest BCUT2D eigenvalue weighted by Crippen LogP contribution is 2.14. The lowest BCUT2D eigenvalue weighted by Crippen LogP contribution is -2.52. The van der Waals surface area contributed by atoms with Crippen LogP contribution < -0.4 is 5.32 Å². The Balaban J connectivity index is 1.96. The van der Waals surface area contributed by atoms with Crippen LogP contribution in [0.15, 0.2) is 0 Å². The molecule has 14 heavy (non-hydrogen) atoms. The Hall–Kier alpha value is -0.650. The molecule has 0 aromatic carbocycles. The van der Waals surface area contributed by atoms with Crippen LogP contribution in [0, 0.1) is 0 Å². The van der Waals surface area contributed by atoms with Gasteiger partial charge in [0.2, 0.25) is 5.91 Å². The van der Waals surface area contributed by atoms with Gasteiger partial charge < -0.3 is 20.1 Å². The number of nitrogens with one attached hydrogen (secondary N) is 1. The van der Waals surface area contributed by atoms with E-state index in [9.17, 15) is 4.79 Å². The van der Waals surface area contributed by atoms with Crippen LogP contribution >= 0.6 is 0 Å². The minimum absolute atomic E-state index is 0.00999. The summed E-state index contributed by atoms with van der Waals surface area (Å²) >= 11 is 0. The maximum atomic E-state index is 11.5. The fraction of sp³-hybridized carbons (Fsp3) is 0.889. The van der Waals surface area contributed by atoms with Crippen molar-refractivity contribution < 1.29 is 14.6 Å². The van der Waals surface area contributed by atoms with Crippen molar-refractivity contribution in [3.63, 3.8) is 0 Å². The van der Waals surface area contributed by atoms with Crippen molar-refractivity contribution >= 4 is 5.91 Å². The largest absolute Gasteiger partial charge is 0.394 e. The van der Waals surface area contributed by atoms with Crippen LogP contribution in [0.25, 0.3) is 0 Å². The molecule has 0 saturated carbocycles. The predicted octanol–water partition coefficient (Wildman–Crippen LogP) is -1.43. The highest BCUT2D eigenvalue weighted by molar-refractivity contribution is 5.78. The Labute approximate surface area is 83.0 Å². The van der Waals surface area contributed by atoms with E-state index in [0.29, 0.717) is 12.6 Å². The van der Waals surface area contributed by atoms with Crippen molar-refractivity contribution in [2.24, 2.45) is 0 Å². The van der Waals surface area contributed by atoms with Gasteiger partial charge in [-0.2, -0.15) is 0 Å². The first-order chi connectivity index (χ1) is 6.81. The van der Waals surface area contributed by atoms with Crippen LogP contribution in [-0.4, -0.2) is 60.9 Å². The molecule has 5 heteroatoms. The summed E-state index contributed by atoms with van der Waals surface area (Å²) in [6, 6.07) is 0.292. The number of rotatable bonds is 2. The van der Waals surface area contributed by atoms with E-state index in [1.165, 1.54) is 0 Å². The maximum Gasteiger partial charge on any atom is 0.248 e. The summed E-state index contributed by atoms with van der Waals surface area (Å²) < 4.78 is 5.17. The van der Waals surface area contributed by atoms with E-state index < -0.39 is 0 Å². The second kappa shape index (κ2) is 4.25. The Morgan fingerprint density at radius 2 is 2.50 bits per heavy atom. The van der Waals surface area contributed by atoms with E-state index in [1.54, 1.807) is 0 Å². The SMILES string of the molecule is O=C1COC(CO)CN1C1CCNC1. The van der Waals surface area contributed by atoms with Crippen molar-refractivity contribution in [2.45, 2.75) is 18.6 Å². The number of hydrogen-bond donors (Lipinski definition) is 2. The molecular formula is C9H16N2O3. The first-order valence-electron chi connectivity index (χ1n) is 5.04. The van der Waals surface area contributed by atoms with E-state index >= 15 is 0 Å². The smallest absolute Gasteiger partial charge is 0.248 e. The van der Waals surface area contributed by atoms with Crippen LogP contribution in [0.5, 0.6) is 0 Å². The summed E-state index contributed by atoms with van der Waals surface area (Å²) in [5.74, 6) is 0.0448. The van der Waals surface area contributed by atoms with Crippen molar-refractivity contribution in [1.82, 2.24) is 10.2 Å². The van der Waals surface area contributed by atoms with Gasteiger partial charge in [0.1, 0.15) is 6.61 Å². The second-order valence-corrected chi connectivity index (χ2v) is 3.81. The number of carbonyl (C=O) groups excluding carboxylic acids is 1. The van der Waals surface area contributed by atoms with E-state index in [-0.39, 0.29) is 25.2 Å². The normalized spacial score (nSPS) is 33.8. The summed E-state index contributed by atoms with van der Waals surface area (Å²) in [6.45, 7) is 2.47. The molecule has 2 heterocycles.